The fourth-order valence-electron chi connectivity index (χ4n) is 2.35. The van der Waals surface area contributed by atoms with Gasteiger partial charge >= 0.3 is 5.97 Å². The number of carboxylic acids is 1. The second-order valence-corrected chi connectivity index (χ2v) is 6.43. The Labute approximate surface area is 154 Å². The first-order valence-corrected chi connectivity index (χ1v) is 8.67. The summed E-state index contributed by atoms with van der Waals surface area (Å²) in [6.45, 7) is 1.73. The molecular formula is C19H16N2O4S. The normalized spacial score (nSPS) is 10.3. The molecule has 0 spiro atoms. The van der Waals surface area contributed by atoms with E-state index in [4.69, 9.17) is 4.74 Å². The highest BCUT2D eigenvalue weighted by atomic mass is 32.1. The van der Waals surface area contributed by atoms with Crippen molar-refractivity contribution in [3.8, 4) is 16.9 Å². The van der Waals surface area contributed by atoms with E-state index in [1.807, 2.05) is 31.2 Å². The number of amides is 1. The van der Waals surface area contributed by atoms with Gasteiger partial charge in [0.25, 0.3) is 5.91 Å². The number of thiophene rings is 1. The van der Waals surface area contributed by atoms with Crippen LogP contribution < -0.4 is 10.1 Å². The van der Waals surface area contributed by atoms with Gasteiger partial charge in [0.15, 0.2) is 6.61 Å². The number of hydrogen-bond donors (Lipinski definition) is 2. The fourth-order valence-corrected chi connectivity index (χ4v) is 3.33. The zero-order valence-electron chi connectivity index (χ0n) is 13.9. The number of aryl methyl sites for hydroxylation is 1. The van der Waals surface area contributed by atoms with Crippen LogP contribution in [-0.2, 0) is 4.79 Å². The lowest BCUT2D eigenvalue weighted by Gasteiger charge is -2.07. The Morgan fingerprint density at radius 2 is 2.00 bits per heavy atom. The summed E-state index contributed by atoms with van der Waals surface area (Å²) in [5, 5.41) is 14.2. The second-order valence-electron chi connectivity index (χ2n) is 5.55. The van der Waals surface area contributed by atoms with E-state index in [1.165, 1.54) is 17.5 Å². The van der Waals surface area contributed by atoms with Crippen LogP contribution in [0.5, 0.6) is 5.75 Å². The molecule has 3 aromatic rings. The highest BCUT2D eigenvalue weighted by molar-refractivity contribution is 7.15. The first-order chi connectivity index (χ1) is 12.5. The van der Waals surface area contributed by atoms with Gasteiger partial charge in [-0.3, -0.25) is 9.78 Å². The van der Waals surface area contributed by atoms with Crippen molar-refractivity contribution in [3.63, 3.8) is 0 Å². The van der Waals surface area contributed by atoms with Gasteiger partial charge in [0.2, 0.25) is 0 Å². The van der Waals surface area contributed by atoms with Crippen molar-refractivity contribution in [2.75, 3.05) is 11.9 Å². The van der Waals surface area contributed by atoms with E-state index < -0.39 is 11.9 Å². The Morgan fingerprint density at radius 1 is 1.23 bits per heavy atom. The minimum Gasteiger partial charge on any atom is -0.482 e. The summed E-state index contributed by atoms with van der Waals surface area (Å²) < 4.78 is 5.33. The van der Waals surface area contributed by atoms with E-state index in [9.17, 15) is 14.7 Å². The zero-order valence-corrected chi connectivity index (χ0v) is 14.7. The number of rotatable bonds is 6. The molecule has 2 heterocycles. The van der Waals surface area contributed by atoms with Crippen molar-refractivity contribution in [3.05, 3.63) is 65.3 Å². The van der Waals surface area contributed by atoms with E-state index in [-0.39, 0.29) is 17.2 Å². The lowest BCUT2D eigenvalue weighted by atomic mass is 10.0. The molecule has 7 heteroatoms. The van der Waals surface area contributed by atoms with E-state index in [2.05, 4.69) is 10.3 Å². The number of carbonyl (C=O) groups is 2. The number of nitrogens with one attached hydrogen (secondary N) is 1. The van der Waals surface area contributed by atoms with Crippen molar-refractivity contribution in [2.45, 2.75) is 6.92 Å². The van der Waals surface area contributed by atoms with E-state index in [0.29, 0.717) is 11.3 Å². The van der Waals surface area contributed by atoms with Crippen LogP contribution in [0.25, 0.3) is 11.1 Å². The van der Waals surface area contributed by atoms with Gasteiger partial charge in [-0.25, -0.2) is 4.79 Å². The first kappa shape index (κ1) is 17.6. The summed E-state index contributed by atoms with van der Waals surface area (Å²) in [5.74, 6) is -1.06. The predicted octanol–water partition coefficient (Wildman–Crippen LogP) is 3.83. The zero-order chi connectivity index (χ0) is 18.5. The monoisotopic (exact) mass is 368 g/mol. The lowest BCUT2D eigenvalue weighted by Crippen LogP contribution is -2.20. The summed E-state index contributed by atoms with van der Waals surface area (Å²) in [5.41, 5.74) is 2.53. The lowest BCUT2D eigenvalue weighted by molar-refractivity contribution is -0.118. The molecule has 0 radical (unpaired) electrons. The minimum absolute atomic E-state index is 0.0774. The fraction of sp³-hybridized carbons (Fsp3) is 0.105. The Kier molecular flexibility index (Phi) is 5.28. The quantitative estimate of drug-likeness (QED) is 0.690. The van der Waals surface area contributed by atoms with Crippen LogP contribution in [0.3, 0.4) is 0 Å². The summed E-state index contributed by atoms with van der Waals surface area (Å²) in [7, 11) is 0. The Hall–Kier alpha value is -3.19. The smallest absolute Gasteiger partial charge is 0.339 e. The van der Waals surface area contributed by atoms with E-state index in [0.717, 1.165) is 11.1 Å². The third-order valence-electron chi connectivity index (χ3n) is 3.62. The molecule has 26 heavy (non-hydrogen) atoms. The topological polar surface area (TPSA) is 88.5 Å². The number of nitrogens with zero attached hydrogens (tertiary/aromatic N) is 1. The standard InChI is InChI=1S/C19H16N2O4S/c1-12-4-6-13(7-5-12)15-11-26-18(17(15)19(23)24)21-16(22)10-25-14-3-2-8-20-9-14/h2-9,11H,10H2,1H3,(H,21,22)(H,23,24). The van der Waals surface area contributed by atoms with Crippen LogP contribution in [0, 0.1) is 6.92 Å². The van der Waals surface area contributed by atoms with Crippen LogP contribution in [0.15, 0.2) is 54.2 Å². The average molecular weight is 368 g/mol. The van der Waals surface area contributed by atoms with Crippen LogP contribution in [0.4, 0.5) is 5.00 Å². The summed E-state index contributed by atoms with van der Waals surface area (Å²) in [6, 6.07) is 10.9. The van der Waals surface area contributed by atoms with Gasteiger partial charge in [-0.05, 0) is 24.6 Å². The van der Waals surface area contributed by atoms with Gasteiger partial charge in [-0.1, -0.05) is 29.8 Å². The number of aromatic carboxylic acids is 1. The molecule has 132 valence electrons. The molecular weight excluding hydrogens is 352 g/mol. The number of anilines is 1. The van der Waals surface area contributed by atoms with Crippen molar-refractivity contribution in [1.29, 1.82) is 0 Å². The number of pyridine rings is 1. The highest BCUT2D eigenvalue weighted by Crippen LogP contribution is 2.35. The minimum atomic E-state index is -1.09. The number of ether oxygens (including phenoxy) is 1. The molecule has 3 rings (SSSR count). The van der Waals surface area contributed by atoms with Crippen LogP contribution >= 0.6 is 11.3 Å². The van der Waals surface area contributed by atoms with Gasteiger partial charge in [-0.15, -0.1) is 11.3 Å². The average Bonchev–Trinajstić information content (AvgIpc) is 3.05. The summed E-state index contributed by atoms with van der Waals surface area (Å²) >= 11 is 1.17. The van der Waals surface area contributed by atoms with Crippen LogP contribution in [0.1, 0.15) is 15.9 Å². The van der Waals surface area contributed by atoms with E-state index in [1.54, 1.807) is 23.7 Å². The Bertz CT molecular complexity index is 920. The number of carboxylic acid groups (broad SMARTS) is 1. The number of hydrogen-bond acceptors (Lipinski definition) is 5. The summed E-state index contributed by atoms with van der Waals surface area (Å²) in [4.78, 5) is 27.7. The van der Waals surface area contributed by atoms with Crippen molar-refractivity contribution in [1.82, 2.24) is 4.98 Å². The molecule has 0 aliphatic carbocycles. The molecule has 0 fully saturated rings. The molecule has 6 nitrogen and oxygen atoms in total. The SMILES string of the molecule is Cc1ccc(-c2csc(NC(=O)COc3cccnc3)c2C(=O)O)cc1. The molecule has 1 aromatic carbocycles. The van der Waals surface area contributed by atoms with Crippen molar-refractivity contribution in [2.24, 2.45) is 0 Å². The second kappa shape index (κ2) is 7.79. The van der Waals surface area contributed by atoms with Gasteiger partial charge in [0, 0.05) is 17.1 Å². The molecule has 0 atom stereocenters. The van der Waals surface area contributed by atoms with Crippen molar-refractivity contribution < 1.29 is 19.4 Å². The first-order valence-electron chi connectivity index (χ1n) is 7.79. The highest BCUT2D eigenvalue weighted by Gasteiger charge is 2.21. The predicted molar refractivity (Wildman–Crippen MR) is 99.8 cm³/mol. The van der Waals surface area contributed by atoms with Gasteiger partial charge in [0.05, 0.1) is 6.20 Å². The van der Waals surface area contributed by atoms with Crippen LogP contribution in [-0.4, -0.2) is 28.6 Å². The maximum Gasteiger partial charge on any atom is 0.339 e. The number of aromatic nitrogens is 1. The van der Waals surface area contributed by atoms with Gasteiger partial charge in [0.1, 0.15) is 16.3 Å². The molecule has 0 saturated heterocycles. The van der Waals surface area contributed by atoms with Gasteiger partial charge in [-0.2, -0.15) is 0 Å². The summed E-state index contributed by atoms with van der Waals surface area (Å²) in [6.07, 6.45) is 3.10. The molecule has 2 N–H and O–H groups in total. The molecule has 0 saturated carbocycles. The van der Waals surface area contributed by atoms with Crippen molar-refractivity contribution >= 4 is 28.2 Å². The number of benzene rings is 1. The van der Waals surface area contributed by atoms with Crippen LogP contribution in [0.2, 0.25) is 0 Å². The Balaban J connectivity index is 1.76. The third-order valence-corrected chi connectivity index (χ3v) is 4.52. The number of carbonyl (C=O) groups excluding carboxylic acids is 1. The maximum absolute atomic E-state index is 12.1. The molecule has 0 aliphatic rings. The van der Waals surface area contributed by atoms with Gasteiger partial charge < -0.3 is 15.2 Å². The third kappa shape index (κ3) is 4.07. The molecule has 0 aliphatic heterocycles. The largest absolute Gasteiger partial charge is 0.482 e. The Morgan fingerprint density at radius 3 is 2.65 bits per heavy atom. The molecule has 2 aromatic heterocycles. The maximum atomic E-state index is 12.1. The molecule has 0 unspecified atom stereocenters. The molecule has 1 amide bonds. The molecule has 0 bridgehead atoms. The van der Waals surface area contributed by atoms with E-state index >= 15 is 0 Å².